The number of amides is 1. The van der Waals surface area contributed by atoms with Gasteiger partial charge >= 0.3 is 0 Å². The number of benzene rings is 1. The Kier molecular flexibility index (Phi) is 4.46. The van der Waals surface area contributed by atoms with Gasteiger partial charge in [0.15, 0.2) is 0 Å². The molecule has 2 aliphatic rings. The molecule has 0 bridgehead atoms. The molecular weight excluding hydrogens is 328 g/mol. The Hall–Kier alpha value is -2.67. The lowest BCUT2D eigenvalue weighted by molar-refractivity contribution is 0.102. The highest BCUT2D eigenvalue weighted by atomic mass is 16.1. The fraction of sp³-hybridized carbons (Fsp3) is 0.421. The van der Waals surface area contributed by atoms with Crippen LogP contribution in [0.4, 0.5) is 23.1 Å². The number of aryl methyl sites for hydroxylation is 1. The van der Waals surface area contributed by atoms with Gasteiger partial charge in [-0.1, -0.05) is 19.1 Å². The van der Waals surface area contributed by atoms with E-state index in [9.17, 15) is 4.79 Å². The first-order valence-electron chi connectivity index (χ1n) is 9.18. The van der Waals surface area contributed by atoms with Crippen molar-refractivity contribution in [2.24, 2.45) is 0 Å². The Morgan fingerprint density at radius 3 is 2.85 bits per heavy atom. The van der Waals surface area contributed by atoms with Gasteiger partial charge in [-0.25, -0.2) is 4.98 Å². The smallest absolute Gasteiger partial charge is 0.261 e. The summed E-state index contributed by atoms with van der Waals surface area (Å²) in [7, 11) is 0. The summed E-state index contributed by atoms with van der Waals surface area (Å²) in [4.78, 5) is 23.9. The van der Waals surface area contributed by atoms with E-state index in [1.54, 1.807) is 6.20 Å². The maximum Gasteiger partial charge on any atom is 0.261 e. The summed E-state index contributed by atoms with van der Waals surface area (Å²) in [5.74, 6) is 0.912. The maximum absolute atomic E-state index is 12.5. The zero-order valence-electron chi connectivity index (χ0n) is 15.2. The normalized spacial score (nSPS) is 17.5. The lowest BCUT2D eigenvalue weighted by atomic mass is 10.1. The van der Waals surface area contributed by atoms with Gasteiger partial charge in [0, 0.05) is 25.3 Å². The summed E-state index contributed by atoms with van der Waals surface area (Å²) in [6.07, 6.45) is 3.74. The van der Waals surface area contributed by atoms with E-state index in [1.807, 2.05) is 25.1 Å². The van der Waals surface area contributed by atoms with E-state index in [1.165, 1.54) is 0 Å². The van der Waals surface area contributed by atoms with Crippen molar-refractivity contribution in [3.8, 4) is 0 Å². The molecule has 1 fully saturated rings. The number of hydrogen-bond acceptors (Lipinski definition) is 6. The lowest BCUT2D eigenvalue weighted by Gasteiger charge is -2.31. The lowest BCUT2D eigenvalue weighted by Crippen LogP contribution is -2.39. The molecule has 3 N–H and O–H groups in total. The summed E-state index contributed by atoms with van der Waals surface area (Å²) >= 11 is 0. The number of fused-ring (bicyclic) bond motifs is 2. The van der Waals surface area contributed by atoms with Crippen LogP contribution in [0.3, 0.4) is 0 Å². The number of likely N-dealkylation sites (tertiary alicyclic amines) is 1. The molecule has 0 spiro atoms. The topological polar surface area (TPSA) is 82.2 Å². The van der Waals surface area contributed by atoms with Gasteiger partial charge in [-0.3, -0.25) is 4.79 Å². The van der Waals surface area contributed by atoms with E-state index in [0.717, 1.165) is 49.4 Å². The third kappa shape index (κ3) is 3.22. The highest BCUT2D eigenvalue weighted by Gasteiger charge is 2.23. The van der Waals surface area contributed by atoms with Crippen molar-refractivity contribution >= 4 is 29.0 Å². The highest BCUT2D eigenvalue weighted by Crippen LogP contribution is 2.33. The monoisotopic (exact) mass is 352 g/mol. The van der Waals surface area contributed by atoms with Gasteiger partial charge in [0.05, 0.1) is 11.4 Å². The zero-order chi connectivity index (χ0) is 18.1. The van der Waals surface area contributed by atoms with Crippen molar-refractivity contribution in [3.63, 3.8) is 0 Å². The number of carbonyl (C=O) groups is 1. The molecule has 4 rings (SSSR count). The minimum Gasteiger partial charge on any atom is -0.351 e. The first-order chi connectivity index (χ1) is 12.6. The minimum atomic E-state index is -0.195. The van der Waals surface area contributed by atoms with Gasteiger partial charge in [-0.05, 0) is 37.9 Å². The Morgan fingerprint density at radius 2 is 2.08 bits per heavy atom. The Bertz CT molecular complexity index is 829. The Balaban J connectivity index is 1.57. The molecule has 0 radical (unpaired) electrons. The Morgan fingerprint density at radius 1 is 1.27 bits per heavy atom. The van der Waals surface area contributed by atoms with E-state index in [4.69, 9.17) is 0 Å². The van der Waals surface area contributed by atoms with Crippen LogP contribution in [0.15, 0.2) is 24.4 Å². The predicted octanol–water partition coefficient (Wildman–Crippen LogP) is 2.99. The second-order valence-corrected chi connectivity index (χ2v) is 6.89. The van der Waals surface area contributed by atoms with Crippen LogP contribution >= 0.6 is 0 Å². The standard InChI is InChI=1S/C19H24N6O/c1-3-25-9-7-13(8-10-25)21-19-20-11-14-17(24-19)23-16-12(2)5-4-6-15(16)22-18(14)26/h4-6,11,13H,3,7-10H2,1-2H3,(H,22,26)(H2,20,21,23,24). The molecule has 2 aromatic rings. The summed E-state index contributed by atoms with van der Waals surface area (Å²) in [6, 6.07) is 6.18. The number of nitrogens with one attached hydrogen (secondary N) is 3. The summed E-state index contributed by atoms with van der Waals surface area (Å²) in [5, 5.41) is 9.67. The molecule has 3 heterocycles. The molecule has 1 saturated heterocycles. The molecule has 2 aliphatic heterocycles. The number of rotatable bonds is 3. The van der Waals surface area contributed by atoms with Gasteiger partial charge < -0.3 is 20.9 Å². The number of nitrogens with zero attached hydrogens (tertiary/aromatic N) is 3. The quantitative estimate of drug-likeness (QED) is 0.788. The largest absolute Gasteiger partial charge is 0.351 e. The van der Waals surface area contributed by atoms with Crippen molar-refractivity contribution in [3.05, 3.63) is 35.5 Å². The van der Waals surface area contributed by atoms with Crippen LogP contribution in [0.2, 0.25) is 0 Å². The van der Waals surface area contributed by atoms with Crippen LogP contribution in [0.1, 0.15) is 35.7 Å². The van der Waals surface area contributed by atoms with Gasteiger partial charge in [-0.15, -0.1) is 0 Å². The van der Waals surface area contributed by atoms with Crippen LogP contribution in [0.5, 0.6) is 0 Å². The first-order valence-corrected chi connectivity index (χ1v) is 9.18. The zero-order valence-corrected chi connectivity index (χ0v) is 15.2. The van der Waals surface area contributed by atoms with E-state index in [-0.39, 0.29) is 5.91 Å². The van der Waals surface area contributed by atoms with Gasteiger partial charge in [0.2, 0.25) is 5.95 Å². The van der Waals surface area contributed by atoms with Gasteiger partial charge in [0.25, 0.3) is 5.91 Å². The molecule has 0 atom stereocenters. The van der Waals surface area contributed by atoms with Crippen LogP contribution in [0.25, 0.3) is 0 Å². The van der Waals surface area contributed by atoms with Crippen molar-refractivity contribution < 1.29 is 4.79 Å². The van der Waals surface area contributed by atoms with E-state index < -0.39 is 0 Å². The molecule has 26 heavy (non-hydrogen) atoms. The van der Waals surface area contributed by atoms with Crippen LogP contribution in [0, 0.1) is 6.92 Å². The fourth-order valence-electron chi connectivity index (χ4n) is 3.53. The third-order valence-corrected chi connectivity index (χ3v) is 5.17. The summed E-state index contributed by atoms with van der Waals surface area (Å²) in [6.45, 7) is 7.48. The third-order valence-electron chi connectivity index (χ3n) is 5.17. The Labute approximate surface area is 153 Å². The van der Waals surface area contributed by atoms with Crippen LogP contribution in [-0.4, -0.2) is 46.5 Å². The first kappa shape index (κ1) is 16.8. The molecule has 0 saturated carbocycles. The van der Waals surface area contributed by atoms with Crippen LogP contribution in [-0.2, 0) is 0 Å². The molecule has 7 heteroatoms. The van der Waals surface area contributed by atoms with Crippen molar-refractivity contribution in [1.29, 1.82) is 0 Å². The second-order valence-electron chi connectivity index (χ2n) is 6.89. The van der Waals surface area contributed by atoms with Crippen molar-refractivity contribution in [1.82, 2.24) is 14.9 Å². The number of anilines is 4. The SMILES string of the molecule is CCN1CCC(Nc2ncc3c(n2)Nc2c(C)cccc2NC3=O)CC1. The molecule has 0 aliphatic carbocycles. The molecule has 1 amide bonds. The molecular formula is C19H24N6O. The highest BCUT2D eigenvalue weighted by molar-refractivity contribution is 6.11. The number of para-hydroxylation sites is 1. The average Bonchev–Trinajstić information content (AvgIpc) is 2.79. The van der Waals surface area contributed by atoms with Crippen LogP contribution < -0.4 is 16.0 Å². The number of hydrogen-bond donors (Lipinski definition) is 3. The molecule has 7 nitrogen and oxygen atoms in total. The van der Waals surface area contributed by atoms with Gasteiger partial charge in [0.1, 0.15) is 11.4 Å². The summed E-state index contributed by atoms with van der Waals surface area (Å²) in [5.41, 5.74) is 3.14. The predicted molar refractivity (Wildman–Crippen MR) is 103 cm³/mol. The molecule has 136 valence electrons. The number of carbonyl (C=O) groups excluding carboxylic acids is 1. The van der Waals surface area contributed by atoms with Crippen molar-refractivity contribution in [2.45, 2.75) is 32.7 Å². The van der Waals surface area contributed by atoms with Gasteiger partial charge in [-0.2, -0.15) is 4.98 Å². The van der Waals surface area contributed by atoms with Crippen molar-refractivity contribution in [2.75, 3.05) is 35.6 Å². The molecule has 0 unspecified atom stereocenters. The molecule has 1 aromatic carbocycles. The summed E-state index contributed by atoms with van der Waals surface area (Å²) < 4.78 is 0. The second kappa shape index (κ2) is 6.92. The van der Waals surface area contributed by atoms with E-state index in [2.05, 4.69) is 37.7 Å². The van der Waals surface area contributed by atoms with E-state index >= 15 is 0 Å². The maximum atomic E-state index is 12.5. The number of piperidine rings is 1. The molecule has 1 aromatic heterocycles. The fourth-order valence-corrected chi connectivity index (χ4v) is 3.53. The average molecular weight is 352 g/mol. The van der Waals surface area contributed by atoms with E-state index in [0.29, 0.717) is 23.4 Å². The minimum absolute atomic E-state index is 0.195. The number of aromatic nitrogens is 2.